The van der Waals surface area contributed by atoms with Crippen LogP contribution in [0.3, 0.4) is 0 Å². The molecule has 1 atom stereocenters. The van der Waals surface area contributed by atoms with E-state index in [0.717, 1.165) is 12.8 Å². The van der Waals surface area contributed by atoms with Crippen molar-refractivity contribution in [3.05, 3.63) is 35.4 Å². The number of aryl methyl sites for hydroxylation is 1. The minimum absolute atomic E-state index is 0.0588. The summed E-state index contributed by atoms with van der Waals surface area (Å²) in [5, 5.41) is 0. The summed E-state index contributed by atoms with van der Waals surface area (Å²) in [6.07, 6.45) is 1.91. The van der Waals surface area contributed by atoms with Crippen LogP contribution in [0.1, 0.15) is 30.5 Å². The van der Waals surface area contributed by atoms with Crippen LogP contribution in [0.2, 0.25) is 0 Å². The molecule has 0 radical (unpaired) electrons. The predicted octanol–water partition coefficient (Wildman–Crippen LogP) is 2.30. The van der Waals surface area contributed by atoms with Crippen LogP contribution in [0, 0.1) is 0 Å². The summed E-state index contributed by atoms with van der Waals surface area (Å²) in [6, 6.07) is 8.56. The van der Waals surface area contributed by atoms with Crippen molar-refractivity contribution in [3.63, 3.8) is 0 Å². The van der Waals surface area contributed by atoms with E-state index in [0.29, 0.717) is 19.8 Å². The molecule has 0 aromatic heterocycles. The Bertz CT molecular complexity index is 298. The largest absolute Gasteiger partial charge is 0.382 e. The molecule has 1 aromatic carbocycles. The summed E-state index contributed by atoms with van der Waals surface area (Å²) < 4.78 is 10.3. The van der Waals surface area contributed by atoms with Crippen LogP contribution in [0.4, 0.5) is 0 Å². The fourth-order valence-corrected chi connectivity index (χ4v) is 1.62. The fourth-order valence-electron chi connectivity index (χ4n) is 1.62. The first-order valence-electron chi connectivity index (χ1n) is 6.19. The molecular formula is C14H23NO2. The van der Waals surface area contributed by atoms with Crippen molar-refractivity contribution >= 4 is 0 Å². The van der Waals surface area contributed by atoms with Gasteiger partial charge in [-0.3, -0.25) is 0 Å². The van der Waals surface area contributed by atoms with Gasteiger partial charge in [0.05, 0.1) is 13.2 Å². The highest BCUT2D eigenvalue weighted by atomic mass is 16.5. The van der Waals surface area contributed by atoms with Crippen molar-refractivity contribution in [2.24, 2.45) is 5.73 Å². The molecule has 0 saturated heterocycles. The van der Waals surface area contributed by atoms with Gasteiger partial charge >= 0.3 is 0 Å². The first kappa shape index (κ1) is 14.2. The van der Waals surface area contributed by atoms with E-state index >= 15 is 0 Å². The van der Waals surface area contributed by atoms with Crippen molar-refractivity contribution in [3.8, 4) is 0 Å². The lowest BCUT2D eigenvalue weighted by molar-refractivity contribution is 0.0672. The Morgan fingerprint density at radius 2 is 1.82 bits per heavy atom. The molecule has 3 heteroatoms. The highest BCUT2D eigenvalue weighted by molar-refractivity contribution is 5.24. The molecule has 1 rings (SSSR count). The molecular weight excluding hydrogens is 214 g/mol. The maximum atomic E-state index is 6.09. The van der Waals surface area contributed by atoms with Gasteiger partial charge in [0, 0.05) is 19.8 Å². The van der Waals surface area contributed by atoms with Gasteiger partial charge in [0.2, 0.25) is 0 Å². The fraction of sp³-hybridized carbons (Fsp3) is 0.571. The third kappa shape index (κ3) is 5.31. The zero-order chi connectivity index (χ0) is 12.5. The molecule has 2 N–H and O–H groups in total. The van der Waals surface area contributed by atoms with Gasteiger partial charge in [-0.15, -0.1) is 0 Å². The van der Waals surface area contributed by atoms with Gasteiger partial charge in [-0.2, -0.15) is 0 Å². The molecule has 96 valence electrons. The first-order valence-corrected chi connectivity index (χ1v) is 6.19. The van der Waals surface area contributed by atoms with E-state index in [1.165, 1.54) is 11.1 Å². The third-order valence-corrected chi connectivity index (χ3v) is 2.82. The van der Waals surface area contributed by atoms with Gasteiger partial charge in [-0.25, -0.2) is 0 Å². The molecule has 0 amide bonds. The van der Waals surface area contributed by atoms with Crippen LogP contribution < -0.4 is 5.73 Å². The van der Waals surface area contributed by atoms with Crippen LogP contribution in [0.5, 0.6) is 0 Å². The molecule has 0 fully saturated rings. The van der Waals surface area contributed by atoms with Gasteiger partial charge in [0.15, 0.2) is 0 Å². The summed E-state index contributed by atoms with van der Waals surface area (Å²) in [7, 11) is 1.67. The van der Waals surface area contributed by atoms with Crippen molar-refractivity contribution in [2.45, 2.75) is 25.8 Å². The summed E-state index contributed by atoms with van der Waals surface area (Å²) >= 11 is 0. The number of nitrogens with two attached hydrogens (primary N) is 1. The smallest absolute Gasteiger partial charge is 0.0700 e. The molecule has 1 aromatic rings. The van der Waals surface area contributed by atoms with Crippen LogP contribution in [0.25, 0.3) is 0 Å². The minimum Gasteiger partial charge on any atom is -0.382 e. The molecule has 0 aliphatic carbocycles. The predicted molar refractivity (Wildman–Crippen MR) is 70.1 cm³/mol. The van der Waals surface area contributed by atoms with Gasteiger partial charge in [0.1, 0.15) is 0 Å². The average molecular weight is 237 g/mol. The Morgan fingerprint density at radius 3 is 2.41 bits per heavy atom. The number of hydrogen-bond donors (Lipinski definition) is 1. The lowest BCUT2D eigenvalue weighted by Gasteiger charge is -2.12. The molecule has 1 unspecified atom stereocenters. The normalized spacial score (nSPS) is 12.6. The number of methoxy groups -OCH3 is 1. The molecule has 0 aliphatic rings. The standard InChI is InChI=1S/C14H23NO2/c1-3-12-4-6-13(7-5-12)14(15)8-9-17-11-10-16-2/h4-7,14H,3,8-11,15H2,1-2H3. The van der Waals surface area contributed by atoms with Crippen LogP contribution in [-0.2, 0) is 15.9 Å². The third-order valence-electron chi connectivity index (χ3n) is 2.82. The Kier molecular flexibility index (Phi) is 6.86. The Balaban J connectivity index is 2.28. The van der Waals surface area contributed by atoms with Crippen molar-refractivity contribution in [1.29, 1.82) is 0 Å². The molecule has 0 bridgehead atoms. The summed E-state index contributed by atoms with van der Waals surface area (Å²) in [5.41, 5.74) is 8.61. The van der Waals surface area contributed by atoms with Crippen LogP contribution in [0.15, 0.2) is 24.3 Å². The molecule has 0 aliphatic heterocycles. The van der Waals surface area contributed by atoms with Gasteiger partial charge in [-0.1, -0.05) is 31.2 Å². The minimum atomic E-state index is 0.0588. The number of rotatable bonds is 8. The van der Waals surface area contributed by atoms with Crippen LogP contribution in [-0.4, -0.2) is 26.9 Å². The monoisotopic (exact) mass is 237 g/mol. The number of ether oxygens (including phenoxy) is 2. The maximum absolute atomic E-state index is 6.09. The topological polar surface area (TPSA) is 44.5 Å². The Labute approximate surface area is 104 Å². The molecule has 0 heterocycles. The van der Waals surface area contributed by atoms with Crippen LogP contribution >= 0.6 is 0 Å². The molecule has 0 spiro atoms. The lowest BCUT2D eigenvalue weighted by atomic mass is 10.0. The molecule has 17 heavy (non-hydrogen) atoms. The average Bonchev–Trinajstić information content (AvgIpc) is 2.38. The molecule has 3 nitrogen and oxygen atoms in total. The van der Waals surface area contributed by atoms with E-state index in [9.17, 15) is 0 Å². The second-order valence-corrected chi connectivity index (χ2v) is 4.10. The van der Waals surface area contributed by atoms with Crippen molar-refractivity contribution in [2.75, 3.05) is 26.9 Å². The van der Waals surface area contributed by atoms with E-state index in [4.69, 9.17) is 15.2 Å². The number of hydrogen-bond acceptors (Lipinski definition) is 3. The lowest BCUT2D eigenvalue weighted by Crippen LogP contribution is -2.14. The summed E-state index contributed by atoms with van der Waals surface area (Å²) in [5.74, 6) is 0. The van der Waals surface area contributed by atoms with Crippen molar-refractivity contribution < 1.29 is 9.47 Å². The summed E-state index contributed by atoms with van der Waals surface area (Å²) in [4.78, 5) is 0. The molecule has 0 saturated carbocycles. The van der Waals surface area contributed by atoms with Gasteiger partial charge in [-0.05, 0) is 24.0 Å². The van der Waals surface area contributed by atoms with E-state index in [2.05, 4.69) is 31.2 Å². The van der Waals surface area contributed by atoms with E-state index in [1.54, 1.807) is 7.11 Å². The van der Waals surface area contributed by atoms with E-state index in [1.807, 2.05) is 0 Å². The van der Waals surface area contributed by atoms with Gasteiger partial charge < -0.3 is 15.2 Å². The second-order valence-electron chi connectivity index (χ2n) is 4.10. The zero-order valence-corrected chi connectivity index (χ0v) is 10.8. The SMILES string of the molecule is CCc1ccc(C(N)CCOCCOC)cc1. The highest BCUT2D eigenvalue weighted by Gasteiger charge is 2.05. The maximum Gasteiger partial charge on any atom is 0.0700 e. The van der Waals surface area contributed by atoms with Crippen molar-refractivity contribution in [1.82, 2.24) is 0 Å². The van der Waals surface area contributed by atoms with E-state index < -0.39 is 0 Å². The van der Waals surface area contributed by atoms with E-state index in [-0.39, 0.29) is 6.04 Å². The Hall–Kier alpha value is -0.900. The first-order chi connectivity index (χ1) is 8.27. The summed E-state index contributed by atoms with van der Waals surface area (Å²) in [6.45, 7) is 4.11. The highest BCUT2D eigenvalue weighted by Crippen LogP contribution is 2.15. The Morgan fingerprint density at radius 1 is 1.12 bits per heavy atom. The van der Waals surface area contributed by atoms with Gasteiger partial charge in [0.25, 0.3) is 0 Å². The quantitative estimate of drug-likeness (QED) is 0.706. The zero-order valence-electron chi connectivity index (χ0n) is 10.8. The second kappa shape index (κ2) is 8.23. The number of benzene rings is 1.